The molecule has 1 aliphatic rings. The van der Waals surface area contributed by atoms with Crippen LogP contribution in [0.15, 0.2) is 36.4 Å². The molecule has 1 heterocycles. The second-order valence-corrected chi connectivity index (χ2v) is 6.18. The molecular formula is C19H24N2. The van der Waals surface area contributed by atoms with E-state index in [1.165, 1.54) is 27.9 Å². The molecule has 0 spiro atoms. The van der Waals surface area contributed by atoms with Crippen molar-refractivity contribution in [3.8, 4) is 0 Å². The standard InChI is InChI=1S/C19H24N2/c1-14-9-15(2)11-18(10-14)21(3)13-17-6-4-5-16-12-20-8-7-19(16)17/h4-6,9-11,20H,7-8,12-13H2,1-3H3. The molecule has 2 nitrogen and oxygen atoms in total. The zero-order valence-corrected chi connectivity index (χ0v) is 13.2. The first-order chi connectivity index (χ1) is 10.1. The lowest BCUT2D eigenvalue weighted by molar-refractivity contribution is 0.637. The van der Waals surface area contributed by atoms with Crippen LogP contribution >= 0.6 is 0 Å². The zero-order chi connectivity index (χ0) is 14.8. The number of nitrogens with one attached hydrogen (secondary N) is 1. The van der Waals surface area contributed by atoms with E-state index in [2.05, 4.69) is 67.5 Å². The first-order valence-electron chi connectivity index (χ1n) is 7.73. The lowest BCUT2D eigenvalue weighted by atomic mass is 9.95. The van der Waals surface area contributed by atoms with E-state index in [1.54, 1.807) is 5.56 Å². The fourth-order valence-electron chi connectivity index (χ4n) is 3.28. The largest absolute Gasteiger partial charge is 0.370 e. The summed E-state index contributed by atoms with van der Waals surface area (Å²) < 4.78 is 0. The van der Waals surface area contributed by atoms with Gasteiger partial charge in [0.15, 0.2) is 0 Å². The van der Waals surface area contributed by atoms with Crippen molar-refractivity contribution in [3.63, 3.8) is 0 Å². The van der Waals surface area contributed by atoms with E-state index in [4.69, 9.17) is 0 Å². The number of hydrogen-bond acceptors (Lipinski definition) is 2. The van der Waals surface area contributed by atoms with Gasteiger partial charge in [0, 0.05) is 25.8 Å². The molecule has 0 fully saturated rings. The third-order valence-corrected chi connectivity index (χ3v) is 4.29. The van der Waals surface area contributed by atoms with Gasteiger partial charge in [0.05, 0.1) is 0 Å². The molecule has 0 radical (unpaired) electrons. The van der Waals surface area contributed by atoms with Crippen LogP contribution in [0.5, 0.6) is 0 Å². The number of nitrogens with zero attached hydrogens (tertiary/aromatic N) is 1. The van der Waals surface area contributed by atoms with Gasteiger partial charge in [-0.3, -0.25) is 0 Å². The topological polar surface area (TPSA) is 15.3 Å². The number of rotatable bonds is 3. The Kier molecular flexibility index (Phi) is 3.98. The average molecular weight is 280 g/mol. The Bertz CT molecular complexity index is 626. The van der Waals surface area contributed by atoms with Crippen LogP contribution in [0, 0.1) is 13.8 Å². The van der Waals surface area contributed by atoms with Crippen LogP contribution in [0.2, 0.25) is 0 Å². The van der Waals surface area contributed by atoms with E-state index in [-0.39, 0.29) is 0 Å². The molecule has 1 N–H and O–H groups in total. The molecule has 2 aromatic rings. The number of fused-ring (bicyclic) bond motifs is 1. The monoisotopic (exact) mass is 280 g/mol. The minimum absolute atomic E-state index is 0.978. The van der Waals surface area contributed by atoms with E-state index in [1.807, 2.05) is 0 Å². The summed E-state index contributed by atoms with van der Waals surface area (Å²) in [6, 6.07) is 13.5. The second kappa shape index (κ2) is 5.90. The van der Waals surface area contributed by atoms with Gasteiger partial charge in [-0.15, -0.1) is 0 Å². The Labute approximate surface area is 127 Å². The molecule has 21 heavy (non-hydrogen) atoms. The quantitative estimate of drug-likeness (QED) is 0.924. The second-order valence-electron chi connectivity index (χ2n) is 6.18. The van der Waals surface area contributed by atoms with Gasteiger partial charge in [0.2, 0.25) is 0 Å². The Morgan fingerprint density at radius 3 is 2.62 bits per heavy atom. The van der Waals surface area contributed by atoms with Crippen molar-refractivity contribution in [2.75, 3.05) is 18.5 Å². The van der Waals surface area contributed by atoms with Crippen molar-refractivity contribution < 1.29 is 0 Å². The van der Waals surface area contributed by atoms with Crippen LogP contribution in [0.4, 0.5) is 5.69 Å². The first kappa shape index (κ1) is 14.2. The van der Waals surface area contributed by atoms with E-state index in [9.17, 15) is 0 Å². The van der Waals surface area contributed by atoms with E-state index < -0.39 is 0 Å². The summed E-state index contributed by atoms with van der Waals surface area (Å²) in [5.74, 6) is 0. The molecule has 0 aliphatic carbocycles. The Morgan fingerprint density at radius 2 is 1.86 bits per heavy atom. The van der Waals surface area contributed by atoms with E-state index >= 15 is 0 Å². The van der Waals surface area contributed by atoms with Crippen LogP contribution in [-0.2, 0) is 19.5 Å². The van der Waals surface area contributed by atoms with E-state index in [0.29, 0.717) is 0 Å². The van der Waals surface area contributed by atoms with Crippen LogP contribution in [-0.4, -0.2) is 13.6 Å². The maximum Gasteiger partial charge on any atom is 0.0429 e. The van der Waals surface area contributed by atoms with Gasteiger partial charge in [-0.25, -0.2) is 0 Å². The predicted molar refractivity (Wildman–Crippen MR) is 89.9 cm³/mol. The molecule has 1 aliphatic heterocycles. The van der Waals surface area contributed by atoms with Gasteiger partial charge >= 0.3 is 0 Å². The maximum absolute atomic E-state index is 3.45. The lowest BCUT2D eigenvalue weighted by Crippen LogP contribution is -2.26. The molecule has 0 atom stereocenters. The van der Waals surface area contributed by atoms with Crippen molar-refractivity contribution >= 4 is 5.69 Å². The van der Waals surface area contributed by atoms with Crippen molar-refractivity contribution in [1.82, 2.24) is 5.32 Å². The Hall–Kier alpha value is -1.80. The highest BCUT2D eigenvalue weighted by molar-refractivity contribution is 5.51. The molecule has 2 heteroatoms. The molecule has 3 rings (SSSR count). The molecule has 0 saturated carbocycles. The zero-order valence-electron chi connectivity index (χ0n) is 13.2. The molecule has 0 bridgehead atoms. The third-order valence-electron chi connectivity index (χ3n) is 4.29. The van der Waals surface area contributed by atoms with Crippen LogP contribution in [0.25, 0.3) is 0 Å². The highest BCUT2D eigenvalue weighted by Gasteiger charge is 2.13. The van der Waals surface area contributed by atoms with Crippen LogP contribution in [0.3, 0.4) is 0 Å². The van der Waals surface area contributed by atoms with E-state index in [0.717, 1.165) is 26.1 Å². The minimum Gasteiger partial charge on any atom is -0.370 e. The van der Waals surface area contributed by atoms with Crippen LogP contribution < -0.4 is 10.2 Å². The van der Waals surface area contributed by atoms with Gasteiger partial charge in [-0.05, 0) is 66.8 Å². The number of aryl methyl sites for hydroxylation is 2. The van der Waals surface area contributed by atoms with Crippen molar-refractivity contribution in [3.05, 3.63) is 64.2 Å². The molecule has 0 aromatic heterocycles. The smallest absolute Gasteiger partial charge is 0.0429 e. The Balaban J connectivity index is 1.86. The molecule has 0 saturated heterocycles. The lowest BCUT2D eigenvalue weighted by Gasteiger charge is -2.25. The van der Waals surface area contributed by atoms with Gasteiger partial charge in [0.25, 0.3) is 0 Å². The first-order valence-corrected chi connectivity index (χ1v) is 7.73. The molecule has 110 valence electrons. The summed E-state index contributed by atoms with van der Waals surface area (Å²) in [5, 5.41) is 3.45. The molecule has 0 amide bonds. The van der Waals surface area contributed by atoms with Gasteiger partial charge in [-0.2, -0.15) is 0 Å². The minimum atomic E-state index is 0.978. The molecular weight excluding hydrogens is 256 g/mol. The number of benzene rings is 2. The fourth-order valence-corrected chi connectivity index (χ4v) is 3.28. The third kappa shape index (κ3) is 3.11. The predicted octanol–water partition coefficient (Wildman–Crippen LogP) is 3.59. The summed E-state index contributed by atoms with van der Waals surface area (Å²) in [6.45, 7) is 7.42. The normalized spacial score (nSPS) is 13.9. The van der Waals surface area contributed by atoms with Crippen molar-refractivity contribution in [2.45, 2.75) is 33.4 Å². The Morgan fingerprint density at radius 1 is 1.10 bits per heavy atom. The summed E-state index contributed by atoms with van der Waals surface area (Å²) in [7, 11) is 2.19. The number of anilines is 1. The summed E-state index contributed by atoms with van der Waals surface area (Å²) >= 11 is 0. The van der Waals surface area contributed by atoms with Crippen LogP contribution in [0.1, 0.15) is 27.8 Å². The van der Waals surface area contributed by atoms with Gasteiger partial charge in [0.1, 0.15) is 0 Å². The van der Waals surface area contributed by atoms with Gasteiger partial charge in [-0.1, -0.05) is 24.3 Å². The highest BCUT2D eigenvalue weighted by atomic mass is 15.1. The summed E-state index contributed by atoms with van der Waals surface area (Å²) in [6.07, 6.45) is 1.15. The molecule has 0 unspecified atom stereocenters. The highest BCUT2D eigenvalue weighted by Crippen LogP contribution is 2.23. The average Bonchev–Trinajstić information content (AvgIpc) is 2.46. The molecule has 2 aromatic carbocycles. The maximum atomic E-state index is 3.45. The summed E-state index contributed by atoms with van der Waals surface area (Å²) in [5.41, 5.74) is 8.45. The number of hydrogen-bond donors (Lipinski definition) is 1. The fraction of sp³-hybridized carbons (Fsp3) is 0.368. The summed E-state index contributed by atoms with van der Waals surface area (Å²) in [4.78, 5) is 2.36. The van der Waals surface area contributed by atoms with Crippen molar-refractivity contribution in [2.24, 2.45) is 0 Å². The van der Waals surface area contributed by atoms with Crippen molar-refractivity contribution in [1.29, 1.82) is 0 Å². The SMILES string of the molecule is Cc1cc(C)cc(N(C)Cc2cccc3c2CCNC3)c1. The van der Waals surface area contributed by atoms with Gasteiger partial charge < -0.3 is 10.2 Å².